The molecule has 1 aromatic heterocycles. The van der Waals surface area contributed by atoms with Crippen LogP contribution in [0.2, 0.25) is 0 Å². The highest BCUT2D eigenvalue weighted by molar-refractivity contribution is 7.13. The van der Waals surface area contributed by atoms with Gasteiger partial charge in [0.15, 0.2) is 0 Å². The average Bonchev–Trinajstić information content (AvgIpc) is 2.97. The number of thiazole rings is 1. The lowest BCUT2D eigenvalue weighted by atomic mass is 9.97. The number of likely N-dealkylation sites (tertiary alicyclic amines) is 1. The van der Waals surface area contributed by atoms with Crippen molar-refractivity contribution in [1.29, 1.82) is 0 Å². The highest BCUT2D eigenvalue weighted by Crippen LogP contribution is 2.25. The third kappa shape index (κ3) is 4.27. The number of nitrogens with two attached hydrogens (primary N) is 1. The van der Waals surface area contributed by atoms with Gasteiger partial charge in [-0.15, -0.1) is 23.7 Å². The van der Waals surface area contributed by atoms with Gasteiger partial charge in [-0.05, 0) is 38.4 Å². The maximum absolute atomic E-state index is 5.74. The lowest BCUT2D eigenvalue weighted by Gasteiger charge is -2.30. The minimum atomic E-state index is 0. The Kier molecular flexibility index (Phi) is 6.18. The number of aromatic nitrogens is 1. The second-order valence-corrected chi connectivity index (χ2v) is 6.32. The monoisotopic (exact) mass is 323 g/mol. The first-order valence-corrected chi connectivity index (χ1v) is 8.15. The van der Waals surface area contributed by atoms with Crippen LogP contribution in [0.25, 0.3) is 10.6 Å². The Bertz CT molecular complexity index is 535. The maximum atomic E-state index is 5.74. The summed E-state index contributed by atoms with van der Waals surface area (Å²) in [5, 5.41) is 3.31. The van der Waals surface area contributed by atoms with Gasteiger partial charge in [-0.1, -0.05) is 30.3 Å². The van der Waals surface area contributed by atoms with Gasteiger partial charge in [-0.2, -0.15) is 0 Å². The standard InChI is InChI=1S/C16H21N3S.ClH/c17-10-13-6-8-19(9-7-13)11-15-12-20-16(18-15)14-4-2-1-3-5-14;/h1-5,12-13H,6-11,17H2;1H. The maximum Gasteiger partial charge on any atom is 0.123 e. The molecule has 5 heteroatoms. The molecular weight excluding hydrogens is 302 g/mol. The van der Waals surface area contributed by atoms with E-state index in [0.29, 0.717) is 0 Å². The van der Waals surface area contributed by atoms with Crippen LogP contribution in [0.4, 0.5) is 0 Å². The molecule has 3 rings (SSSR count). The predicted molar refractivity (Wildman–Crippen MR) is 91.9 cm³/mol. The lowest BCUT2D eigenvalue weighted by molar-refractivity contribution is 0.179. The Morgan fingerprint density at radius 1 is 1.19 bits per heavy atom. The Morgan fingerprint density at radius 3 is 2.57 bits per heavy atom. The number of rotatable bonds is 4. The van der Waals surface area contributed by atoms with Crippen LogP contribution in [-0.2, 0) is 6.54 Å². The molecule has 114 valence electrons. The molecule has 0 bridgehead atoms. The van der Waals surface area contributed by atoms with E-state index in [-0.39, 0.29) is 12.4 Å². The molecule has 1 saturated heterocycles. The number of halogens is 1. The zero-order chi connectivity index (χ0) is 13.8. The molecule has 0 atom stereocenters. The van der Waals surface area contributed by atoms with E-state index in [1.54, 1.807) is 11.3 Å². The fraction of sp³-hybridized carbons (Fsp3) is 0.438. The number of benzene rings is 1. The summed E-state index contributed by atoms with van der Waals surface area (Å²) in [6.45, 7) is 4.11. The number of piperidine rings is 1. The smallest absolute Gasteiger partial charge is 0.123 e. The van der Waals surface area contributed by atoms with Gasteiger partial charge >= 0.3 is 0 Å². The van der Waals surface area contributed by atoms with E-state index in [1.165, 1.54) is 24.1 Å². The average molecular weight is 324 g/mol. The molecule has 1 aliphatic rings. The molecule has 0 unspecified atom stereocenters. The second-order valence-electron chi connectivity index (χ2n) is 5.47. The fourth-order valence-electron chi connectivity index (χ4n) is 2.70. The van der Waals surface area contributed by atoms with Crippen molar-refractivity contribution in [3.05, 3.63) is 41.4 Å². The van der Waals surface area contributed by atoms with E-state index in [2.05, 4.69) is 34.5 Å². The molecule has 21 heavy (non-hydrogen) atoms. The van der Waals surface area contributed by atoms with Crippen molar-refractivity contribution in [1.82, 2.24) is 9.88 Å². The van der Waals surface area contributed by atoms with E-state index >= 15 is 0 Å². The summed E-state index contributed by atoms with van der Waals surface area (Å²) < 4.78 is 0. The summed E-state index contributed by atoms with van der Waals surface area (Å²) >= 11 is 1.74. The van der Waals surface area contributed by atoms with Crippen molar-refractivity contribution in [3.63, 3.8) is 0 Å². The zero-order valence-corrected chi connectivity index (χ0v) is 13.7. The summed E-state index contributed by atoms with van der Waals surface area (Å²) in [6.07, 6.45) is 2.46. The van der Waals surface area contributed by atoms with Crippen molar-refractivity contribution in [2.45, 2.75) is 19.4 Å². The van der Waals surface area contributed by atoms with Gasteiger partial charge in [0.2, 0.25) is 0 Å². The SMILES string of the molecule is Cl.NCC1CCN(Cc2csc(-c3ccccc3)n2)CC1. The van der Waals surface area contributed by atoms with Crippen LogP contribution in [0.3, 0.4) is 0 Å². The van der Waals surface area contributed by atoms with Crippen molar-refractivity contribution in [2.24, 2.45) is 11.7 Å². The molecule has 0 aliphatic carbocycles. The van der Waals surface area contributed by atoms with Crippen LogP contribution in [0.1, 0.15) is 18.5 Å². The minimum absolute atomic E-state index is 0. The van der Waals surface area contributed by atoms with Crippen LogP contribution in [0.5, 0.6) is 0 Å². The quantitative estimate of drug-likeness (QED) is 0.937. The van der Waals surface area contributed by atoms with Crippen LogP contribution in [0.15, 0.2) is 35.7 Å². The Morgan fingerprint density at radius 2 is 1.90 bits per heavy atom. The lowest BCUT2D eigenvalue weighted by Crippen LogP contribution is -2.35. The third-order valence-corrected chi connectivity index (χ3v) is 4.94. The van der Waals surface area contributed by atoms with Gasteiger partial charge in [0.25, 0.3) is 0 Å². The fourth-order valence-corrected chi connectivity index (χ4v) is 3.52. The van der Waals surface area contributed by atoms with Gasteiger partial charge in [-0.3, -0.25) is 4.90 Å². The molecule has 1 aromatic carbocycles. The highest BCUT2D eigenvalue weighted by Gasteiger charge is 2.18. The summed E-state index contributed by atoms with van der Waals surface area (Å²) in [4.78, 5) is 7.26. The van der Waals surface area contributed by atoms with Crippen LogP contribution < -0.4 is 5.73 Å². The number of hydrogen-bond acceptors (Lipinski definition) is 4. The summed E-state index contributed by atoms with van der Waals surface area (Å²) in [5.74, 6) is 0.724. The summed E-state index contributed by atoms with van der Waals surface area (Å²) in [7, 11) is 0. The molecule has 0 radical (unpaired) electrons. The topological polar surface area (TPSA) is 42.1 Å². The first-order valence-electron chi connectivity index (χ1n) is 7.27. The van der Waals surface area contributed by atoms with E-state index < -0.39 is 0 Å². The highest BCUT2D eigenvalue weighted by atomic mass is 35.5. The largest absolute Gasteiger partial charge is 0.330 e. The zero-order valence-electron chi connectivity index (χ0n) is 12.1. The molecular formula is C16H22ClN3S. The van der Waals surface area contributed by atoms with Crippen molar-refractivity contribution >= 4 is 23.7 Å². The molecule has 1 fully saturated rings. The van der Waals surface area contributed by atoms with E-state index in [9.17, 15) is 0 Å². The van der Waals surface area contributed by atoms with Gasteiger partial charge < -0.3 is 5.73 Å². The molecule has 0 amide bonds. The third-order valence-electron chi connectivity index (χ3n) is 4.00. The summed E-state index contributed by atoms with van der Waals surface area (Å²) in [6, 6.07) is 10.4. The second kappa shape index (κ2) is 7.90. The van der Waals surface area contributed by atoms with Gasteiger partial charge in [0.1, 0.15) is 5.01 Å². The van der Waals surface area contributed by atoms with Crippen molar-refractivity contribution < 1.29 is 0 Å². The van der Waals surface area contributed by atoms with Gasteiger partial charge in [0, 0.05) is 17.5 Å². The number of hydrogen-bond donors (Lipinski definition) is 1. The van der Waals surface area contributed by atoms with E-state index in [1.807, 2.05) is 6.07 Å². The van der Waals surface area contributed by atoms with Crippen molar-refractivity contribution in [3.8, 4) is 10.6 Å². The molecule has 2 heterocycles. The Labute approximate surface area is 136 Å². The Balaban J connectivity index is 0.00000161. The molecule has 0 spiro atoms. The van der Waals surface area contributed by atoms with E-state index in [4.69, 9.17) is 10.7 Å². The van der Waals surface area contributed by atoms with Crippen LogP contribution in [-0.4, -0.2) is 29.5 Å². The summed E-state index contributed by atoms with van der Waals surface area (Å²) in [5.41, 5.74) is 8.15. The van der Waals surface area contributed by atoms with E-state index in [0.717, 1.165) is 37.1 Å². The normalized spacial score (nSPS) is 16.6. The molecule has 2 N–H and O–H groups in total. The molecule has 3 nitrogen and oxygen atoms in total. The minimum Gasteiger partial charge on any atom is -0.330 e. The predicted octanol–water partition coefficient (Wildman–Crippen LogP) is 3.40. The van der Waals surface area contributed by atoms with Crippen LogP contribution in [0, 0.1) is 5.92 Å². The Hall–Kier alpha value is -0.940. The molecule has 0 saturated carbocycles. The molecule has 1 aliphatic heterocycles. The first-order chi connectivity index (χ1) is 9.85. The first kappa shape index (κ1) is 16.4. The number of nitrogens with zero attached hydrogens (tertiary/aromatic N) is 2. The van der Waals surface area contributed by atoms with Crippen LogP contribution >= 0.6 is 23.7 Å². The van der Waals surface area contributed by atoms with Gasteiger partial charge in [-0.25, -0.2) is 4.98 Å². The van der Waals surface area contributed by atoms with Gasteiger partial charge in [0.05, 0.1) is 5.69 Å². The van der Waals surface area contributed by atoms with Crippen molar-refractivity contribution in [2.75, 3.05) is 19.6 Å². The molecule has 2 aromatic rings.